The zero-order valence-electron chi connectivity index (χ0n) is 17.0. The van der Waals surface area contributed by atoms with E-state index < -0.39 is 0 Å². The van der Waals surface area contributed by atoms with Gasteiger partial charge in [0.25, 0.3) is 0 Å². The van der Waals surface area contributed by atoms with Gasteiger partial charge in [0.15, 0.2) is 16.9 Å². The van der Waals surface area contributed by atoms with Gasteiger partial charge in [0.2, 0.25) is 0 Å². The summed E-state index contributed by atoms with van der Waals surface area (Å²) < 4.78 is 27.7. The standard InChI is InChI=1S/C22H24O9/c1-27-17-3-2-14(10-19(17)29-8-5-24)18-13-16(26)22-20(30-9-6-25)11-15(28-7-4-23)12-21(22)31-18/h2-3,10-13,23-25H,4-9H2,1H3. The van der Waals surface area contributed by atoms with E-state index in [9.17, 15) is 4.79 Å². The summed E-state index contributed by atoms with van der Waals surface area (Å²) in [6, 6.07) is 9.41. The summed E-state index contributed by atoms with van der Waals surface area (Å²) in [6.45, 7) is -0.445. The number of benzene rings is 2. The minimum absolute atomic E-state index is 0.0101. The summed E-state index contributed by atoms with van der Waals surface area (Å²) in [5.41, 5.74) is 0.443. The molecule has 0 aliphatic heterocycles. The maximum Gasteiger partial charge on any atom is 0.197 e. The highest BCUT2D eigenvalue weighted by Crippen LogP contribution is 2.35. The number of hydrogen-bond acceptors (Lipinski definition) is 9. The Kier molecular flexibility index (Phi) is 7.71. The Morgan fingerprint density at radius 1 is 0.806 bits per heavy atom. The average molecular weight is 432 g/mol. The van der Waals surface area contributed by atoms with Crippen LogP contribution in [0.2, 0.25) is 0 Å². The van der Waals surface area contributed by atoms with Crippen LogP contribution in [0.15, 0.2) is 45.6 Å². The van der Waals surface area contributed by atoms with Crippen LogP contribution >= 0.6 is 0 Å². The molecule has 0 amide bonds. The summed E-state index contributed by atoms with van der Waals surface area (Å²) in [4.78, 5) is 12.9. The lowest BCUT2D eigenvalue weighted by Gasteiger charge is -2.13. The molecule has 0 atom stereocenters. The second-order valence-corrected chi connectivity index (χ2v) is 6.35. The molecule has 0 radical (unpaired) electrons. The fourth-order valence-corrected chi connectivity index (χ4v) is 2.99. The molecule has 3 aromatic rings. The van der Waals surface area contributed by atoms with Gasteiger partial charge in [0.05, 0.1) is 26.9 Å². The molecular formula is C22H24O9. The zero-order valence-corrected chi connectivity index (χ0v) is 17.0. The smallest absolute Gasteiger partial charge is 0.197 e. The number of ether oxygens (including phenoxy) is 4. The van der Waals surface area contributed by atoms with Crippen molar-refractivity contribution in [3.63, 3.8) is 0 Å². The van der Waals surface area contributed by atoms with Gasteiger partial charge in [-0.25, -0.2) is 0 Å². The maximum atomic E-state index is 12.9. The fourth-order valence-electron chi connectivity index (χ4n) is 2.99. The van der Waals surface area contributed by atoms with Crippen LogP contribution in [0.1, 0.15) is 0 Å². The summed E-state index contributed by atoms with van der Waals surface area (Å²) in [7, 11) is 1.50. The first-order valence-electron chi connectivity index (χ1n) is 9.62. The third-order valence-corrected chi connectivity index (χ3v) is 4.27. The number of aliphatic hydroxyl groups excluding tert-OH is 3. The molecule has 0 spiro atoms. The molecule has 0 aliphatic rings. The lowest BCUT2D eigenvalue weighted by molar-refractivity contribution is 0.195. The van der Waals surface area contributed by atoms with Crippen LogP contribution in [0.25, 0.3) is 22.3 Å². The highest BCUT2D eigenvalue weighted by atomic mass is 16.5. The molecule has 3 rings (SSSR count). The summed E-state index contributed by atoms with van der Waals surface area (Å²) in [6.07, 6.45) is 0. The van der Waals surface area contributed by atoms with E-state index in [1.54, 1.807) is 18.2 Å². The lowest BCUT2D eigenvalue weighted by Crippen LogP contribution is -2.08. The largest absolute Gasteiger partial charge is 0.493 e. The molecule has 0 fully saturated rings. The van der Waals surface area contributed by atoms with Gasteiger partial charge < -0.3 is 38.7 Å². The van der Waals surface area contributed by atoms with Gasteiger partial charge in [-0.15, -0.1) is 0 Å². The quantitative estimate of drug-likeness (QED) is 0.414. The van der Waals surface area contributed by atoms with Crippen LogP contribution in [-0.2, 0) is 0 Å². The van der Waals surface area contributed by atoms with Gasteiger partial charge >= 0.3 is 0 Å². The highest BCUT2D eigenvalue weighted by molar-refractivity contribution is 5.86. The highest BCUT2D eigenvalue weighted by Gasteiger charge is 2.16. The molecule has 9 heteroatoms. The predicted molar refractivity (Wildman–Crippen MR) is 112 cm³/mol. The molecule has 0 unspecified atom stereocenters. The van der Waals surface area contributed by atoms with E-state index in [0.717, 1.165) is 0 Å². The molecule has 3 N–H and O–H groups in total. The number of rotatable bonds is 11. The van der Waals surface area contributed by atoms with Crippen LogP contribution in [0, 0.1) is 0 Å². The van der Waals surface area contributed by atoms with E-state index in [2.05, 4.69) is 0 Å². The van der Waals surface area contributed by atoms with E-state index in [-0.39, 0.29) is 67.5 Å². The summed E-state index contributed by atoms with van der Waals surface area (Å²) >= 11 is 0. The first-order valence-corrected chi connectivity index (χ1v) is 9.62. The second kappa shape index (κ2) is 10.7. The van der Waals surface area contributed by atoms with E-state index in [1.165, 1.54) is 25.3 Å². The summed E-state index contributed by atoms with van der Waals surface area (Å²) in [5.74, 6) is 1.70. The zero-order chi connectivity index (χ0) is 22.2. The van der Waals surface area contributed by atoms with Gasteiger partial charge in [0, 0.05) is 23.8 Å². The van der Waals surface area contributed by atoms with Crippen LogP contribution in [0.5, 0.6) is 23.0 Å². The molecular weight excluding hydrogens is 408 g/mol. The van der Waals surface area contributed by atoms with Crippen molar-refractivity contribution < 1.29 is 38.7 Å². The van der Waals surface area contributed by atoms with Crippen molar-refractivity contribution >= 4 is 11.0 Å². The molecule has 0 aliphatic carbocycles. The topological polar surface area (TPSA) is 128 Å². The minimum Gasteiger partial charge on any atom is -0.493 e. The molecule has 2 aromatic carbocycles. The second-order valence-electron chi connectivity index (χ2n) is 6.35. The van der Waals surface area contributed by atoms with Crippen LogP contribution in [0.3, 0.4) is 0 Å². The number of aliphatic hydroxyl groups is 3. The third-order valence-electron chi connectivity index (χ3n) is 4.27. The van der Waals surface area contributed by atoms with Crippen molar-refractivity contribution in [3.8, 4) is 34.3 Å². The minimum atomic E-state index is -0.341. The van der Waals surface area contributed by atoms with Gasteiger partial charge in [-0.2, -0.15) is 0 Å². The van der Waals surface area contributed by atoms with Gasteiger partial charge in [-0.3, -0.25) is 4.79 Å². The lowest BCUT2D eigenvalue weighted by atomic mass is 10.1. The average Bonchev–Trinajstić information content (AvgIpc) is 2.79. The third kappa shape index (κ3) is 5.26. The number of hydrogen-bond donors (Lipinski definition) is 3. The van der Waals surface area contributed by atoms with Gasteiger partial charge in [-0.05, 0) is 18.2 Å². The molecule has 0 bridgehead atoms. The monoisotopic (exact) mass is 432 g/mol. The van der Waals surface area contributed by atoms with Gasteiger partial charge in [0.1, 0.15) is 48.0 Å². The Morgan fingerprint density at radius 3 is 2.16 bits per heavy atom. The Hall–Kier alpha value is -3.27. The van der Waals surface area contributed by atoms with E-state index in [4.69, 9.17) is 38.7 Å². The molecule has 1 aromatic heterocycles. The Morgan fingerprint density at radius 2 is 1.48 bits per heavy atom. The maximum absolute atomic E-state index is 12.9. The van der Waals surface area contributed by atoms with Crippen molar-refractivity contribution in [2.24, 2.45) is 0 Å². The normalized spacial score (nSPS) is 10.8. The first kappa shape index (κ1) is 22.4. The molecule has 0 saturated heterocycles. The molecule has 1 heterocycles. The van der Waals surface area contributed by atoms with Gasteiger partial charge in [-0.1, -0.05) is 0 Å². The van der Waals surface area contributed by atoms with Crippen molar-refractivity contribution in [2.75, 3.05) is 46.8 Å². The number of fused-ring (bicyclic) bond motifs is 1. The van der Waals surface area contributed by atoms with Crippen LogP contribution in [0.4, 0.5) is 0 Å². The first-order chi connectivity index (χ1) is 15.1. The summed E-state index contributed by atoms with van der Waals surface area (Å²) in [5, 5.41) is 27.3. The molecule has 31 heavy (non-hydrogen) atoms. The molecule has 166 valence electrons. The van der Waals surface area contributed by atoms with Crippen LogP contribution in [-0.4, -0.2) is 62.1 Å². The van der Waals surface area contributed by atoms with E-state index in [1.807, 2.05) is 0 Å². The Labute approximate surface area is 178 Å². The van der Waals surface area contributed by atoms with Crippen LogP contribution < -0.4 is 24.4 Å². The molecule has 9 nitrogen and oxygen atoms in total. The number of methoxy groups -OCH3 is 1. The SMILES string of the molecule is COc1ccc(-c2cc(=O)c3c(OCCO)cc(OCCO)cc3o2)cc1OCCO. The predicted octanol–water partition coefficient (Wildman–Crippen LogP) is 1.58. The fraction of sp³-hybridized carbons (Fsp3) is 0.318. The van der Waals surface area contributed by atoms with Crippen molar-refractivity contribution in [3.05, 3.63) is 46.6 Å². The Balaban J connectivity index is 2.11. The van der Waals surface area contributed by atoms with Crippen molar-refractivity contribution in [2.45, 2.75) is 0 Å². The Bertz CT molecular complexity index is 1070. The molecule has 0 saturated carbocycles. The van der Waals surface area contributed by atoms with E-state index >= 15 is 0 Å². The van der Waals surface area contributed by atoms with Crippen molar-refractivity contribution in [1.29, 1.82) is 0 Å². The van der Waals surface area contributed by atoms with E-state index in [0.29, 0.717) is 22.8 Å². The van der Waals surface area contributed by atoms with Crippen molar-refractivity contribution in [1.82, 2.24) is 0 Å².